The highest BCUT2D eigenvalue weighted by Crippen LogP contribution is 2.27. The van der Waals surface area contributed by atoms with Crippen LogP contribution in [0.5, 0.6) is 5.75 Å². The second-order valence-electron chi connectivity index (χ2n) is 7.20. The second kappa shape index (κ2) is 10.1. The number of hydrogen-bond acceptors (Lipinski definition) is 6. The molecule has 0 aliphatic rings. The van der Waals surface area contributed by atoms with Crippen LogP contribution < -0.4 is 10.1 Å². The maximum Gasteiger partial charge on any atom is 0.344 e. The van der Waals surface area contributed by atoms with Crippen LogP contribution in [0.15, 0.2) is 49.1 Å². The highest BCUT2D eigenvalue weighted by atomic mass is 35.5. The summed E-state index contributed by atoms with van der Waals surface area (Å²) < 4.78 is 12.2. The summed E-state index contributed by atoms with van der Waals surface area (Å²) >= 11 is 6.04. The largest absolute Gasteiger partial charge is 0.482 e. The Bertz CT molecular complexity index is 1070. The van der Waals surface area contributed by atoms with Crippen molar-refractivity contribution in [2.75, 3.05) is 18.5 Å². The molecule has 9 heteroatoms. The molecule has 1 aromatic heterocycles. The number of aromatic nitrogens is 3. The third-order valence-corrected chi connectivity index (χ3v) is 4.63. The Kier molecular flexibility index (Phi) is 7.25. The Morgan fingerprint density at radius 2 is 1.97 bits per heavy atom. The zero-order valence-electron chi connectivity index (χ0n) is 17.5. The van der Waals surface area contributed by atoms with Gasteiger partial charge in [-0.3, -0.25) is 4.79 Å². The minimum Gasteiger partial charge on any atom is -0.482 e. The van der Waals surface area contributed by atoms with Crippen molar-refractivity contribution in [3.05, 3.63) is 65.2 Å². The van der Waals surface area contributed by atoms with E-state index in [1.54, 1.807) is 18.2 Å². The number of anilines is 1. The fourth-order valence-electron chi connectivity index (χ4n) is 2.90. The standard InChI is InChI=1S/C22H23ClN4O4/c1-14(2)17-6-4-15(3)8-20(17)30-11-22(29)31-10-21(28)26-18-9-16(23)5-7-19(18)27-13-24-12-25-27/h4-9,12-14H,10-11H2,1-3H3,(H,26,28). The number of esters is 1. The summed E-state index contributed by atoms with van der Waals surface area (Å²) in [5.74, 6) is -0.286. The van der Waals surface area contributed by atoms with E-state index in [1.807, 2.05) is 39.0 Å². The molecule has 1 heterocycles. The number of halogens is 1. The first-order valence-electron chi connectivity index (χ1n) is 9.67. The van der Waals surface area contributed by atoms with E-state index in [2.05, 4.69) is 15.4 Å². The highest BCUT2D eigenvalue weighted by molar-refractivity contribution is 6.31. The predicted molar refractivity (Wildman–Crippen MR) is 117 cm³/mol. The maximum atomic E-state index is 12.3. The highest BCUT2D eigenvalue weighted by Gasteiger charge is 2.14. The first-order chi connectivity index (χ1) is 14.8. The van der Waals surface area contributed by atoms with E-state index in [4.69, 9.17) is 21.1 Å². The fourth-order valence-corrected chi connectivity index (χ4v) is 3.07. The zero-order valence-corrected chi connectivity index (χ0v) is 18.2. The van der Waals surface area contributed by atoms with Gasteiger partial charge < -0.3 is 14.8 Å². The molecule has 8 nitrogen and oxygen atoms in total. The summed E-state index contributed by atoms with van der Waals surface area (Å²) in [6, 6.07) is 10.8. The number of carbonyl (C=O) groups excluding carboxylic acids is 2. The molecule has 1 N–H and O–H groups in total. The van der Waals surface area contributed by atoms with Gasteiger partial charge in [-0.1, -0.05) is 37.6 Å². The molecule has 0 saturated heterocycles. The van der Waals surface area contributed by atoms with Gasteiger partial charge in [0.05, 0.1) is 11.4 Å². The van der Waals surface area contributed by atoms with Crippen LogP contribution in [0.2, 0.25) is 5.02 Å². The Labute approximate surface area is 185 Å². The Morgan fingerprint density at radius 1 is 1.16 bits per heavy atom. The number of benzene rings is 2. The minimum absolute atomic E-state index is 0.245. The SMILES string of the molecule is Cc1ccc(C(C)C)c(OCC(=O)OCC(=O)Nc2cc(Cl)ccc2-n2cncn2)c1. The van der Waals surface area contributed by atoms with Crippen LogP contribution in [0.1, 0.15) is 30.9 Å². The van der Waals surface area contributed by atoms with Gasteiger partial charge >= 0.3 is 5.97 Å². The van der Waals surface area contributed by atoms with Crippen molar-refractivity contribution in [2.24, 2.45) is 0 Å². The lowest BCUT2D eigenvalue weighted by Gasteiger charge is -2.15. The number of ether oxygens (including phenoxy) is 2. The smallest absolute Gasteiger partial charge is 0.344 e. The molecular weight excluding hydrogens is 420 g/mol. The molecule has 3 aromatic rings. The molecular formula is C22H23ClN4O4. The second-order valence-corrected chi connectivity index (χ2v) is 7.63. The molecule has 0 unspecified atom stereocenters. The Morgan fingerprint density at radius 3 is 2.68 bits per heavy atom. The van der Waals surface area contributed by atoms with E-state index in [0.29, 0.717) is 22.1 Å². The van der Waals surface area contributed by atoms with Gasteiger partial charge in [0.15, 0.2) is 13.2 Å². The molecule has 0 radical (unpaired) electrons. The quantitative estimate of drug-likeness (QED) is 0.531. The van der Waals surface area contributed by atoms with E-state index < -0.39 is 18.5 Å². The number of aryl methyl sites for hydroxylation is 1. The maximum absolute atomic E-state index is 12.3. The van der Waals surface area contributed by atoms with E-state index in [0.717, 1.165) is 11.1 Å². The van der Waals surface area contributed by atoms with Crippen LogP contribution in [0, 0.1) is 6.92 Å². The summed E-state index contributed by atoms with van der Waals surface area (Å²) in [7, 11) is 0. The minimum atomic E-state index is -0.644. The molecule has 0 spiro atoms. The summed E-state index contributed by atoms with van der Waals surface area (Å²) in [5.41, 5.74) is 3.01. The molecule has 31 heavy (non-hydrogen) atoms. The molecule has 2 aromatic carbocycles. The molecule has 0 aliphatic heterocycles. The average Bonchev–Trinajstić information content (AvgIpc) is 3.25. The number of amides is 1. The molecule has 3 rings (SSSR count). The predicted octanol–water partition coefficient (Wildman–Crippen LogP) is 3.91. The van der Waals surface area contributed by atoms with Gasteiger partial charge in [0.25, 0.3) is 5.91 Å². The lowest BCUT2D eigenvalue weighted by atomic mass is 10.0. The lowest BCUT2D eigenvalue weighted by molar-refractivity contribution is -0.149. The lowest BCUT2D eigenvalue weighted by Crippen LogP contribution is -2.24. The van der Waals surface area contributed by atoms with E-state index in [9.17, 15) is 9.59 Å². The van der Waals surface area contributed by atoms with Gasteiger partial charge in [0, 0.05) is 5.02 Å². The molecule has 0 bridgehead atoms. The number of hydrogen-bond donors (Lipinski definition) is 1. The van der Waals surface area contributed by atoms with Crippen LogP contribution >= 0.6 is 11.6 Å². The molecule has 162 valence electrons. The molecule has 0 fully saturated rings. The number of nitrogens with zero attached hydrogens (tertiary/aromatic N) is 3. The van der Waals surface area contributed by atoms with Crippen LogP contribution in [0.25, 0.3) is 5.69 Å². The van der Waals surface area contributed by atoms with Crippen molar-refractivity contribution in [3.8, 4) is 11.4 Å². The fraction of sp³-hybridized carbons (Fsp3) is 0.273. The van der Waals surface area contributed by atoms with Gasteiger partial charge in [-0.05, 0) is 48.2 Å². The van der Waals surface area contributed by atoms with Crippen LogP contribution in [-0.4, -0.2) is 39.9 Å². The monoisotopic (exact) mass is 442 g/mol. The molecule has 0 aliphatic carbocycles. The zero-order chi connectivity index (χ0) is 22.4. The third kappa shape index (κ3) is 6.05. The van der Waals surface area contributed by atoms with Crippen molar-refractivity contribution in [1.82, 2.24) is 14.8 Å². The first-order valence-corrected chi connectivity index (χ1v) is 10.0. The van der Waals surface area contributed by atoms with Crippen LogP contribution in [0.4, 0.5) is 5.69 Å². The topological polar surface area (TPSA) is 95.3 Å². The third-order valence-electron chi connectivity index (χ3n) is 4.40. The van der Waals surface area contributed by atoms with E-state index in [-0.39, 0.29) is 12.5 Å². The van der Waals surface area contributed by atoms with Crippen molar-refractivity contribution in [1.29, 1.82) is 0 Å². The summed E-state index contributed by atoms with van der Waals surface area (Å²) in [5, 5.41) is 7.15. The molecule has 0 atom stereocenters. The summed E-state index contributed by atoms with van der Waals surface area (Å²) in [6.07, 6.45) is 2.87. The Hall–Kier alpha value is -3.39. The Balaban J connectivity index is 1.56. The summed E-state index contributed by atoms with van der Waals surface area (Å²) in [4.78, 5) is 28.3. The van der Waals surface area contributed by atoms with Gasteiger partial charge in [-0.25, -0.2) is 14.5 Å². The van der Waals surface area contributed by atoms with E-state index >= 15 is 0 Å². The van der Waals surface area contributed by atoms with Crippen molar-refractivity contribution in [2.45, 2.75) is 26.7 Å². The average molecular weight is 443 g/mol. The van der Waals surface area contributed by atoms with Crippen LogP contribution in [-0.2, 0) is 14.3 Å². The van der Waals surface area contributed by atoms with Gasteiger partial charge in [-0.15, -0.1) is 0 Å². The summed E-state index contributed by atoms with van der Waals surface area (Å²) in [6.45, 7) is 5.28. The van der Waals surface area contributed by atoms with Crippen molar-refractivity contribution in [3.63, 3.8) is 0 Å². The molecule has 1 amide bonds. The molecule has 0 saturated carbocycles. The van der Waals surface area contributed by atoms with E-state index in [1.165, 1.54) is 17.3 Å². The number of rotatable bonds is 8. The number of carbonyl (C=O) groups is 2. The van der Waals surface area contributed by atoms with Gasteiger partial charge in [-0.2, -0.15) is 5.10 Å². The van der Waals surface area contributed by atoms with Gasteiger partial charge in [0.2, 0.25) is 0 Å². The van der Waals surface area contributed by atoms with Gasteiger partial charge in [0.1, 0.15) is 18.4 Å². The van der Waals surface area contributed by atoms with Crippen LogP contribution in [0.3, 0.4) is 0 Å². The van der Waals surface area contributed by atoms with Crippen molar-refractivity contribution >= 4 is 29.2 Å². The van der Waals surface area contributed by atoms with Crippen molar-refractivity contribution < 1.29 is 19.1 Å². The first kappa shape index (κ1) is 22.3. The number of nitrogens with one attached hydrogen (secondary N) is 1. The normalized spacial score (nSPS) is 10.7.